The first-order chi connectivity index (χ1) is 34.7. The molecule has 4 aliphatic carbocycles. The summed E-state index contributed by atoms with van der Waals surface area (Å²) in [5.74, 6) is -2.17. The van der Waals surface area contributed by atoms with E-state index >= 15 is 0 Å². The maximum atomic E-state index is 11.9. The zero-order valence-corrected chi connectivity index (χ0v) is 43.4. The summed E-state index contributed by atoms with van der Waals surface area (Å²) in [6.45, 7) is 8.67. The number of aromatic nitrogens is 4. The van der Waals surface area contributed by atoms with Crippen molar-refractivity contribution in [2.75, 3.05) is 13.1 Å². The molecule has 0 unspecified atom stereocenters. The fourth-order valence-electron chi connectivity index (χ4n) is 5.08. The van der Waals surface area contributed by atoms with Gasteiger partial charge in [0.05, 0.1) is 20.1 Å². The maximum Gasteiger partial charge on any atom is 0.436 e. The molecule has 3 aromatic heterocycles. The Kier molecular flexibility index (Phi) is 20.8. The third-order valence-corrected chi connectivity index (χ3v) is 11.3. The molecular weight excluding hydrogens is 1120 g/mol. The molecule has 0 aromatic carbocycles. The fraction of sp³-hybridized carbons (Fsp3) is 0.152. The van der Waals surface area contributed by atoms with E-state index < -0.39 is 24.0 Å². The number of hydrogen-bond donors (Lipinski definition) is 1. The van der Waals surface area contributed by atoms with Crippen LogP contribution in [0.25, 0.3) is 0 Å². The Bertz CT molecular complexity index is 3030. The Balaban J connectivity index is 0.000000182. The van der Waals surface area contributed by atoms with Gasteiger partial charge < -0.3 is 24.4 Å². The van der Waals surface area contributed by atoms with Crippen molar-refractivity contribution in [1.82, 2.24) is 24.8 Å². The second-order valence-electron chi connectivity index (χ2n) is 14.7. The second-order valence-corrected chi connectivity index (χ2v) is 18.5. The molecule has 5 aliphatic rings. The zero-order chi connectivity index (χ0) is 53.4. The van der Waals surface area contributed by atoms with Crippen LogP contribution in [0.1, 0.15) is 58.1 Å². The number of nitrogens with one attached hydrogen (secondary N) is 1. The zero-order valence-electron chi connectivity index (χ0n) is 38.0. The van der Waals surface area contributed by atoms with E-state index in [1.807, 2.05) is 13.8 Å². The van der Waals surface area contributed by atoms with E-state index in [9.17, 15) is 38.4 Å². The number of amides is 1. The predicted octanol–water partition coefficient (Wildman–Crippen LogP) is 8.59. The highest BCUT2D eigenvalue weighted by Crippen LogP contribution is 2.21. The number of carbonyl (C=O) groups excluding carboxylic acids is 8. The Labute approximate surface area is 445 Å². The molecule has 1 saturated heterocycles. The van der Waals surface area contributed by atoms with E-state index in [0.29, 0.717) is 44.7 Å². The number of H-pyrrole nitrogens is 1. The van der Waals surface area contributed by atoms with Crippen LogP contribution in [0.5, 0.6) is 0 Å². The van der Waals surface area contributed by atoms with Gasteiger partial charge in [-0.25, -0.2) is 34.1 Å². The minimum absolute atomic E-state index is 0.0443. The lowest BCUT2D eigenvalue weighted by Crippen LogP contribution is -2.16. The van der Waals surface area contributed by atoms with Crippen LogP contribution in [-0.4, -0.2) is 108 Å². The summed E-state index contributed by atoms with van der Waals surface area (Å²) in [6, 6.07) is 2.99. The molecule has 0 saturated carbocycles. The van der Waals surface area contributed by atoms with Gasteiger partial charge in [-0.15, -0.1) is 11.3 Å². The monoisotopic (exact) mass is 1150 g/mol. The molecule has 1 N–H and O–H groups in total. The highest BCUT2D eigenvalue weighted by atomic mass is 79.9. The smallest absolute Gasteiger partial charge is 0.348 e. The quantitative estimate of drug-likeness (QED) is 0.0956. The summed E-state index contributed by atoms with van der Waals surface area (Å²) in [7, 11) is 0. The number of halogens is 5. The molecular formula is C46H34BrCl4N9O12S. The molecule has 3 aromatic rings. The molecule has 8 rings (SSSR count). The van der Waals surface area contributed by atoms with Crippen LogP contribution in [0.15, 0.2) is 148 Å². The Morgan fingerprint density at radius 2 is 1.15 bits per heavy atom. The largest absolute Gasteiger partial charge is 0.436 e. The third kappa shape index (κ3) is 18.0. The lowest BCUT2D eigenvalue weighted by molar-refractivity contribution is -0.112. The number of hydrogen-bond acceptors (Lipinski definition) is 20. The number of oxime groups is 4. The molecule has 0 radical (unpaired) electrons. The van der Waals surface area contributed by atoms with Crippen molar-refractivity contribution in [2.24, 2.45) is 26.5 Å². The number of ketones is 4. The molecule has 0 spiro atoms. The minimum Gasteiger partial charge on any atom is -0.348 e. The average molecular weight is 1160 g/mol. The van der Waals surface area contributed by atoms with E-state index in [-0.39, 0.29) is 78.4 Å². The van der Waals surface area contributed by atoms with Gasteiger partial charge in [0.15, 0.2) is 44.1 Å². The SMILES string of the molecule is CC1=CC(=O)C(C(C)C)=CC1=NOC(=O)c1ccc(Cl)cn1.Cc1nc(C(=O)ON=C2C=CC(=O)C=C2Cl)c[nH]1.O=C1C=CC(=NOC(=O)N2CC2)C(Cl)=C1.O=C1C=CC(=NOC(=O)c2csc(Br)n2)C(Cl)=C1. The number of pyridine rings is 1. The predicted molar refractivity (Wildman–Crippen MR) is 272 cm³/mol. The molecule has 0 atom stereocenters. The highest BCUT2D eigenvalue weighted by molar-refractivity contribution is 9.11. The van der Waals surface area contributed by atoms with E-state index in [1.54, 1.807) is 26.0 Å². The van der Waals surface area contributed by atoms with Gasteiger partial charge in [-0.2, -0.15) is 0 Å². The van der Waals surface area contributed by atoms with Gasteiger partial charge in [0, 0.05) is 54.7 Å². The summed E-state index contributed by atoms with van der Waals surface area (Å²) in [6.07, 6.45) is 17.0. The van der Waals surface area contributed by atoms with E-state index in [4.69, 9.17) is 51.2 Å². The van der Waals surface area contributed by atoms with E-state index in [2.05, 4.69) is 71.0 Å². The maximum absolute atomic E-state index is 11.9. The highest BCUT2D eigenvalue weighted by Gasteiger charge is 2.26. The average Bonchev–Trinajstić information content (AvgIpc) is 3.96. The lowest BCUT2D eigenvalue weighted by Gasteiger charge is -2.14. The number of aromatic amines is 1. The van der Waals surface area contributed by atoms with Gasteiger partial charge in [0.1, 0.15) is 28.7 Å². The summed E-state index contributed by atoms with van der Waals surface area (Å²) in [5.41, 5.74) is 2.78. The number of rotatable bonds is 8. The van der Waals surface area contributed by atoms with Crippen LogP contribution in [0, 0.1) is 12.8 Å². The van der Waals surface area contributed by atoms with Crippen molar-refractivity contribution in [3.63, 3.8) is 0 Å². The molecule has 27 heteroatoms. The Hall–Kier alpha value is -7.41. The summed E-state index contributed by atoms with van der Waals surface area (Å²) in [5, 5.41) is 16.9. The number of nitrogens with zero attached hydrogens (tertiary/aromatic N) is 8. The summed E-state index contributed by atoms with van der Waals surface area (Å²) >= 11 is 27.3. The molecule has 1 fully saturated rings. The molecule has 1 aliphatic heterocycles. The van der Waals surface area contributed by atoms with Crippen LogP contribution >= 0.6 is 73.7 Å². The molecule has 21 nitrogen and oxygen atoms in total. The first-order valence-electron chi connectivity index (χ1n) is 20.6. The third-order valence-electron chi connectivity index (χ3n) is 8.85. The number of carbonyl (C=O) groups is 8. The van der Waals surface area contributed by atoms with Gasteiger partial charge >= 0.3 is 24.0 Å². The Morgan fingerprint density at radius 1 is 0.658 bits per heavy atom. The first-order valence-corrected chi connectivity index (χ1v) is 23.8. The van der Waals surface area contributed by atoms with E-state index in [0.717, 1.165) is 0 Å². The first kappa shape index (κ1) is 56.5. The molecule has 73 heavy (non-hydrogen) atoms. The van der Waals surface area contributed by atoms with Gasteiger partial charge in [0.2, 0.25) is 0 Å². The normalized spacial score (nSPS) is 17.8. The molecule has 4 heterocycles. The lowest BCUT2D eigenvalue weighted by atomic mass is 9.90. The van der Waals surface area contributed by atoms with Crippen molar-refractivity contribution in [1.29, 1.82) is 0 Å². The molecule has 1 amide bonds. The number of allylic oxidation sites excluding steroid dienone is 16. The Morgan fingerprint density at radius 3 is 1.58 bits per heavy atom. The standard InChI is InChI=1S/C16H15ClN2O3.C11H8ClN3O3.C10H4BrClN2O3S.C9H7ClN2O3/c1-9(2)12-7-14(10(3)6-15(12)20)19-22-16(21)13-5-4-11(17)8-18-13;1-6-13-5-10(14-6)11(17)18-15-9-3-2-7(16)4-8(9)12;11-10-13-8(4-18-10)9(16)17-14-7-2-1-5(15)3-6(7)12;10-7-5-6(13)1-2-8(7)11-15-9(14)12-3-4-12/h4-9H,1-3H3;2-5H,1H3,(H,13,14);1-4H;1-2,5H,3-4H2. The van der Waals surface area contributed by atoms with Crippen molar-refractivity contribution in [2.45, 2.75) is 27.7 Å². The van der Waals surface area contributed by atoms with Gasteiger partial charge in [-0.05, 0) is 102 Å². The van der Waals surface area contributed by atoms with Crippen molar-refractivity contribution in [3.8, 4) is 0 Å². The van der Waals surface area contributed by atoms with Crippen LogP contribution in [0.2, 0.25) is 5.02 Å². The van der Waals surface area contributed by atoms with Crippen LogP contribution in [-0.2, 0) is 38.5 Å². The number of imidazole rings is 1. The van der Waals surface area contributed by atoms with Crippen molar-refractivity contribution in [3.05, 3.63) is 155 Å². The van der Waals surface area contributed by atoms with Crippen molar-refractivity contribution < 1.29 is 57.7 Å². The number of thiazole rings is 1. The number of aryl methyl sites for hydroxylation is 1. The van der Waals surface area contributed by atoms with Gasteiger partial charge in [-0.1, -0.05) is 80.9 Å². The minimum atomic E-state index is -0.707. The second kappa shape index (κ2) is 26.9. The van der Waals surface area contributed by atoms with Gasteiger partial charge in [0.25, 0.3) is 0 Å². The summed E-state index contributed by atoms with van der Waals surface area (Å²) in [4.78, 5) is 125. The van der Waals surface area contributed by atoms with Crippen LogP contribution in [0.4, 0.5) is 4.79 Å². The molecule has 376 valence electrons. The van der Waals surface area contributed by atoms with Crippen LogP contribution < -0.4 is 0 Å². The van der Waals surface area contributed by atoms with Crippen LogP contribution in [0.3, 0.4) is 0 Å². The van der Waals surface area contributed by atoms with Crippen molar-refractivity contribution >= 4 is 144 Å². The topological polar surface area (TPSA) is 280 Å². The fourth-order valence-corrected chi connectivity index (χ4v) is 6.78. The van der Waals surface area contributed by atoms with Gasteiger partial charge in [-0.3, -0.25) is 24.0 Å². The van der Waals surface area contributed by atoms with E-state index in [1.165, 1.54) is 101 Å². The summed E-state index contributed by atoms with van der Waals surface area (Å²) < 4.78 is 0.572. The molecule has 0 bridgehead atoms.